The van der Waals surface area contributed by atoms with Gasteiger partial charge in [-0.1, -0.05) is 48.8 Å². The summed E-state index contributed by atoms with van der Waals surface area (Å²) in [7, 11) is -1.16. The van der Waals surface area contributed by atoms with Crippen LogP contribution in [0.5, 0.6) is 0 Å². The smallest absolute Gasteiger partial charge is 0.0775 e. The molecule has 1 nitrogen and oxygen atoms in total. The van der Waals surface area contributed by atoms with Gasteiger partial charge in [0, 0.05) is 5.56 Å². The minimum atomic E-state index is -1.16. The van der Waals surface area contributed by atoms with E-state index in [0.29, 0.717) is 6.54 Å². The molecule has 0 saturated carbocycles. The van der Waals surface area contributed by atoms with E-state index in [1.165, 1.54) is 5.19 Å². The lowest BCUT2D eigenvalue weighted by Gasteiger charge is -2.15. The number of benzene rings is 1. The van der Waals surface area contributed by atoms with E-state index in [9.17, 15) is 0 Å². The molecular formula is C12H17NSi. The largest absolute Gasteiger partial charge is 0.320 e. The van der Waals surface area contributed by atoms with Gasteiger partial charge in [0.25, 0.3) is 0 Å². The minimum absolute atomic E-state index is 0.426. The second-order valence-electron chi connectivity index (χ2n) is 4.33. The first-order valence-electron chi connectivity index (χ1n) is 4.83. The molecule has 0 bridgehead atoms. The fourth-order valence-electron chi connectivity index (χ4n) is 1.21. The molecule has 0 unspecified atom stereocenters. The molecular weight excluding hydrogens is 186 g/mol. The van der Waals surface area contributed by atoms with Gasteiger partial charge in [-0.05, 0) is 12.1 Å². The first kappa shape index (κ1) is 11.0. The summed E-state index contributed by atoms with van der Waals surface area (Å²) in [4.78, 5) is 0. The summed E-state index contributed by atoms with van der Waals surface area (Å²) in [6.45, 7) is 7.45. The van der Waals surface area contributed by atoms with Gasteiger partial charge >= 0.3 is 0 Å². The van der Waals surface area contributed by atoms with E-state index < -0.39 is 8.07 Å². The molecule has 0 radical (unpaired) electrons. The van der Waals surface area contributed by atoms with Crippen LogP contribution in [0, 0.1) is 11.8 Å². The van der Waals surface area contributed by atoms with Crippen molar-refractivity contribution in [1.82, 2.24) is 0 Å². The van der Waals surface area contributed by atoms with Crippen LogP contribution in [0.4, 0.5) is 0 Å². The second kappa shape index (κ2) is 4.45. The maximum atomic E-state index is 5.31. The molecule has 0 aromatic heterocycles. The predicted molar refractivity (Wildman–Crippen MR) is 65.4 cm³/mol. The third-order valence-corrected chi connectivity index (χ3v) is 4.15. The van der Waals surface area contributed by atoms with Crippen molar-refractivity contribution in [1.29, 1.82) is 0 Å². The zero-order valence-electron chi connectivity index (χ0n) is 9.09. The van der Waals surface area contributed by atoms with Gasteiger partial charge in [0.15, 0.2) is 0 Å². The van der Waals surface area contributed by atoms with Crippen LogP contribution in [0.2, 0.25) is 19.6 Å². The van der Waals surface area contributed by atoms with Crippen molar-refractivity contribution in [2.75, 3.05) is 6.54 Å². The average Bonchev–Trinajstić information content (AvgIpc) is 2.14. The predicted octanol–water partition coefficient (Wildman–Crippen LogP) is 1.54. The molecule has 14 heavy (non-hydrogen) atoms. The Bertz CT molecular complexity index is 349. The Kier molecular flexibility index (Phi) is 3.51. The monoisotopic (exact) mass is 203 g/mol. The molecule has 0 fully saturated rings. The van der Waals surface area contributed by atoms with Crippen LogP contribution >= 0.6 is 0 Å². The maximum Gasteiger partial charge on any atom is 0.0775 e. The highest BCUT2D eigenvalue weighted by Crippen LogP contribution is 2.03. The van der Waals surface area contributed by atoms with Crippen LogP contribution < -0.4 is 10.9 Å². The van der Waals surface area contributed by atoms with Gasteiger partial charge in [-0.3, -0.25) is 0 Å². The molecule has 1 aromatic rings. The van der Waals surface area contributed by atoms with E-state index >= 15 is 0 Å². The molecule has 0 amide bonds. The fourth-order valence-corrected chi connectivity index (χ4v) is 2.37. The molecule has 0 spiro atoms. The lowest BCUT2D eigenvalue weighted by Crippen LogP contribution is -2.37. The van der Waals surface area contributed by atoms with E-state index in [0.717, 1.165) is 5.56 Å². The molecule has 1 aromatic carbocycles. The molecule has 0 atom stereocenters. The standard InChI is InChI=1S/C12H17NSi/c1-14(2,3)12-8-6-11(7-9-12)5-4-10-13/h6-9H,10,13H2,1-3H3. The summed E-state index contributed by atoms with van der Waals surface area (Å²) >= 11 is 0. The molecule has 0 heterocycles. The van der Waals surface area contributed by atoms with Crippen molar-refractivity contribution < 1.29 is 0 Å². The first-order chi connectivity index (χ1) is 6.54. The molecule has 0 aliphatic heterocycles. The minimum Gasteiger partial charge on any atom is -0.320 e. The molecule has 0 saturated heterocycles. The van der Waals surface area contributed by atoms with E-state index in [2.05, 4.69) is 55.7 Å². The Morgan fingerprint density at radius 1 is 1.14 bits per heavy atom. The molecule has 0 aliphatic rings. The van der Waals surface area contributed by atoms with E-state index in [1.807, 2.05) is 0 Å². The van der Waals surface area contributed by atoms with E-state index in [-0.39, 0.29) is 0 Å². The molecule has 1 rings (SSSR count). The normalized spacial score (nSPS) is 10.6. The van der Waals surface area contributed by atoms with Crippen LogP contribution in [0.1, 0.15) is 5.56 Å². The van der Waals surface area contributed by atoms with Crippen LogP contribution in [-0.2, 0) is 0 Å². The molecule has 2 N–H and O–H groups in total. The zero-order chi connectivity index (χ0) is 10.6. The fraction of sp³-hybridized carbons (Fsp3) is 0.333. The molecule has 0 aliphatic carbocycles. The van der Waals surface area contributed by atoms with Gasteiger partial charge in [-0.25, -0.2) is 0 Å². The van der Waals surface area contributed by atoms with Crippen molar-refractivity contribution in [3.63, 3.8) is 0 Å². The van der Waals surface area contributed by atoms with Gasteiger partial charge in [-0.15, -0.1) is 0 Å². The summed E-state index contributed by atoms with van der Waals surface area (Å²) < 4.78 is 0. The number of nitrogens with two attached hydrogens (primary N) is 1. The van der Waals surface area contributed by atoms with Crippen LogP contribution in [0.15, 0.2) is 24.3 Å². The zero-order valence-corrected chi connectivity index (χ0v) is 10.1. The second-order valence-corrected chi connectivity index (χ2v) is 9.41. The van der Waals surface area contributed by atoms with Crippen molar-refractivity contribution in [2.45, 2.75) is 19.6 Å². The Morgan fingerprint density at radius 2 is 1.71 bits per heavy atom. The highest BCUT2D eigenvalue weighted by atomic mass is 28.3. The highest BCUT2D eigenvalue weighted by Gasteiger charge is 2.15. The summed E-state index contributed by atoms with van der Waals surface area (Å²) in [6.07, 6.45) is 0. The summed E-state index contributed by atoms with van der Waals surface area (Å²) in [5.74, 6) is 5.88. The van der Waals surface area contributed by atoms with Crippen molar-refractivity contribution in [2.24, 2.45) is 5.73 Å². The molecule has 74 valence electrons. The molecule has 2 heteroatoms. The van der Waals surface area contributed by atoms with Crippen LogP contribution in [-0.4, -0.2) is 14.6 Å². The number of rotatable bonds is 1. The van der Waals surface area contributed by atoms with E-state index in [1.54, 1.807) is 0 Å². The van der Waals surface area contributed by atoms with Gasteiger partial charge in [0.1, 0.15) is 0 Å². The van der Waals surface area contributed by atoms with Gasteiger partial charge in [0.05, 0.1) is 14.6 Å². The summed E-state index contributed by atoms with van der Waals surface area (Å²) in [5, 5.41) is 1.47. The van der Waals surface area contributed by atoms with Gasteiger partial charge < -0.3 is 5.73 Å². The third-order valence-electron chi connectivity index (χ3n) is 2.09. The van der Waals surface area contributed by atoms with Crippen molar-refractivity contribution in [3.8, 4) is 11.8 Å². The maximum absolute atomic E-state index is 5.31. The lowest BCUT2D eigenvalue weighted by molar-refractivity contribution is 1.30. The quantitative estimate of drug-likeness (QED) is 0.544. The summed E-state index contributed by atoms with van der Waals surface area (Å²) in [6, 6.07) is 8.53. The third kappa shape index (κ3) is 3.02. The Balaban J connectivity index is 2.89. The highest BCUT2D eigenvalue weighted by molar-refractivity contribution is 6.88. The lowest BCUT2D eigenvalue weighted by atomic mass is 10.2. The van der Waals surface area contributed by atoms with Crippen LogP contribution in [0.3, 0.4) is 0 Å². The Morgan fingerprint density at radius 3 is 2.14 bits per heavy atom. The van der Waals surface area contributed by atoms with Crippen molar-refractivity contribution in [3.05, 3.63) is 29.8 Å². The van der Waals surface area contributed by atoms with Gasteiger partial charge in [-0.2, -0.15) is 0 Å². The Hall–Kier alpha value is -1.04. The summed E-state index contributed by atoms with van der Waals surface area (Å²) in [5.41, 5.74) is 6.36. The SMILES string of the molecule is C[Si](C)(C)c1ccc(C#CCN)cc1. The average molecular weight is 203 g/mol. The number of hydrogen-bond acceptors (Lipinski definition) is 1. The Labute approximate surface area is 87.3 Å². The first-order valence-corrected chi connectivity index (χ1v) is 8.33. The van der Waals surface area contributed by atoms with Crippen molar-refractivity contribution >= 4 is 13.3 Å². The van der Waals surface area contributed by atoms with Crippen LogP contribution in [0.25, 0.3) is 0 Å². The number of hydrogen-bond donors (Lipinski definition) is 1. The topological polar surface area (TPSA) is 26.0 Å². The van der Waals surface area contributed by atoms with Gasteiger partial charge in [0.2, 0.25) is 0 Å². The van der Waals surface area contributed by atoms with E-state index in [4.69, 9.17) is 5.73 Å².